The molecule has 0 fully saturated rings. The molecule has 0 amide bonds. The van der Waals surface area contributed by atoms with Crippen LogP contribution >= 0.6 is 11.6 Å². The van der Waals surface area contributed by atoms with Crippen LogP contribution < -0.4 is 0 Å². The second kappa shape index (κ2) is 5.24. The van der Waals surface area contributed by atoms with Gasteiger partial charge in [-0.3, -0.25) is 0 Å². The van der Waals surface area contributed by atoms with Crippen molar-refractivity contribution in [3.8, 4) is 0 Å². The number of nitrogens with zero attached hydrogens (tertiary/aromatic N) is 2. The predicted octanol–water partition coefficient (Wildman–Crippen LogP) is 2.96. The van der Waals surface area contributed by atoms with Gasteiger partial charge < -0.3 is 4.74 Å². The normalized spacial score (nSPS) is 12.4. The second-order valence-electron chi connectivity index (χ2n) is 3.19. The maximum atomic E-state index is 13.2. The number of esters is 1. The Balaban J connectivity index is 3.41. The minimum absolute atomic E-state index is 0.210. The third kappa shape index (κ3) is 3.09. The zero-order chi connectivity index (χ0) is 14.8. The summed E-state index contributed by atoms with van der Waals surface area (Å²) in [6.45, 7) is 1.15. The number of halogens is 6. The Labute approximate surface area is 108 Å². The van der Waals surface area contributed by atoms with E-state index in [2.05, 4.69) is 14.7 Å². The molecule has 0 spiro atoms. The number of alkyl halides is 5. The minimum atomic E-state index is -5.92. The van der Waals surface area contributed by atoms with E-state index in [9.17, 15) is 26.7 Å². The van der Waals surface area contributed by atoms with Crippen LogP contribution in [0.4, 0.5) is 22.0 Å². The molecule has 1 aromatic heterocycles. The van der Waals surface area contributed by atoms with E-state index in [0.717, 1.165) is 0 Å². The Bertz CT molecular complexity index is 492. The number of carbonyl (C=O) groups is 1. The molecule has 0 saturated heterocycles. The van der Waals surface area contributed by atoms with Gasteiger partial charge in [0.2, 0.25) is 5.28 Å². The summed E-state index contributed by atoms with van der Waals surface area (Å²) >= 11 is 5.18. The molecule has 0 aliphatic heterocycles. The van der Waals surface area contributed by atoms with E-state index in [4.69, 9.17) is 11.6 Å². The van der Waals surface area contributed by atoms with E-state index in [1.54, 1.807) is 0 Å². The van der Waals surface area contributed by atoms with Gasteiger partial charge in [0.05, 0.1) is 6.61 Å². The van der Waals surface area contributed by atoms with Gasteiger partial charge in [0.25, 0.3) is 0 Å². The zero-order valence-corrected chi connectivity index (χ0v) is 10.0. The van der Waals surface area contributed by atoms with Gasteiger partial charge in [-0.05, 0) is 18.5 Å². The van der Waals surface area contributed by atoms with E-state index < -0.39 is 34.6 Å². The molecule has 1 rings (SSSR count). The second-order valence-corrected chi connectivity index (χ2v) is 3.53. The number of aromatic nitrogens is 2. The number of ether oxygens (including phenoxy) is 1. The quantitative estimate of drug-likeness (QED) is 0.489. The molecular formula is C9H6ClF5N2O2. The largest absolute Gasteiger partial charge is 0.462 e. The van der Waals surface area contributed by atoms with Crippen LogP contribution in [0.25, 0.3) is 0 Å². The average molecular weight is 305 g/mol. The van der Waals surface area contributed by atoms with Gasteiger partial charge in [-0.1, -0.05) is 0 Å². The molecule has 0 atom stereocenters. The molecule has 106 valence electrons. The molecule has 0 radical (unpaired) electrons. The van der Waals surface area contributed by atoms with Crippen LogP contribution in [-0.4, -0.2) is 28.7 Å². The lowest BCUT2D eigenvalue weighted by molar-refractivity contribution is -0.291. The molecule has 4 nitrogen and oxygen atoms in total. The summed E-state index contributed by atoms with van der Waals surface area (Å²) in [4.78, 5) is 17.3. The van der Waals surface area contributed by atoms with Crippen molar-refractivity contribution in [2.24, 2.45) is 0 Å². The maximum absolute atomic E-state index is 13.2. The minimum Gasteiger partial charge on any atom is -0.462 e. The van der Waals surface area contributed by atoms with Gasteiger partial charge in [0.1, 0.15) is 11.3 Å². The summed E-state index contributed by atoms with van der Waals surface area (Å²) in [7, 11) is 0. The lowest BCUT2D eigenvalue weighted by Gasteiger charge is -2.20. The van der Waals surface area contributed by atoms with Crippen LogP contribution in [0.1, 0.15) is 23.0 Å². The van der Waals surface area contributed by atoms with E-state index in [0.29, 0.717) is 6.20 Å². The van der Waals surface area contributed by atoms with Gasteiger partial charge in [-0.2, -0.15) is 22.0 Å². The first kappa shape index (κ1) is 15.5. The summed E-state index contributed by atoms with van der Waals surface area (Å²) < 4.78 is 67.6. The van der Waals surface area contributed by atoms with Crippen LogP contribution in [0.15, 0.2) is 6.20 Å². The van der Waals surface area contributed by atoms with Crippen LogP contribution in [-0.2, 0) is 10.7 Å². The number of carbonyl (C=O) groups excluding carboxylic acids is 1. The summed E-state index contributed by atoms with van der Waals surface area (Å²) in [5, 5.41) is -0.841. The van der Waals surface area contributed by atoms with Crippen LogP contribution in [0.5, 0.6) is 0 Å². The molecule has 1 aromatic rings. The van der Waals surface area contributed by atoms with Gasteiger partial charge in [0, 0.05) is 6.20 Å². The smallest absolute Gasteiger partial charge is 0.459 e. The lowest BCUT2D eigenvalue weighted by atomic mass is 10.1. The Morgan fingerprint density at radius 1 is 1.37 bits per heavy atom. The van der Waals surface area contributed by atoms with E-state index >= 15 is 0 Å². The van der Waals surface area contributed by atoms with Crippen molar-refractivity contribution < 1.29 is 31.5 Å². The van der Waals surface area contributed by atoms with E-state index in [1.807, 2.05) is 0 Å². The van der Waals surface area contributed by atoms with Crippen molar-refractivity contribution in [3.05, 3.63) is 22.7 Å². The van der Waals surface area contributed by atoms with Crippen LogP contribution in [0.2, 0.25) is 5.28 Å². The third-order valence-electron chi connectivity index (χ3n) is 1.91. The number of hydrogen-bond donors (Lipinski definition) is 0. The molecule has 0 unspecified atom stereocenters. The van der Waals surface area contributed by atoms with E-state index in [-0.39, 0.29) is 6.61 Å². The highest BCUT2D eigenvalue weighted by atomic mass is 35.5. The average Bonchev–Trinajstić information content (AvgIpc) is 2.27. The first-order valence-corrected chi connectivity index (χ1v) is 5.13. The fourth-order valence-electron chi connectivity index (χ4n) is 1.09. The molecule has 1 heterocycles. The fourth-order valence-corrected chi connectivity index (χ4v) is 1.23. The fraction of sp³-hybridized carbons (Fsp3) is 0.444. The molecule has 0 aliphatic rings. The summed E-state index contributed by atoms with van der Waals surface area (Å²) in [6, 6.07) is 0. The van der Waals surface area contributed by atoms with Crippen molar-refractivity contribution in [1.82, 2.24) is 9.97 Å². The predicted molar refractivity (Wildman–Crippen MR) is 52.9 cm³/mol. The summed E-state index contributed by atoms with van der Waals surface area (Å²) in [5.41, 5.74) is -2.92. The first-order chi connectivity index (χ1) is 8.61. The van der Waals surface area contributed by atoms with Gasteiger partial charge in [-0.25, -0.2) is 14.8 Å². The molecule has 10 heteroatoms. The summed E-state index contributed by atoms with van der Waals surface area (Å²) in [5.74, 6) is -6.74. The molecule has 0 N–H and O–H groups in total. The van der Waals surface area contributed by atoms with Gasteiger partial charge >= 0.3 is 18.1 Å². The standard InChI is InChI=1S/C9H6ClF5N2O2/c1-2-19-6(18)4-3-16-7(10)17-5(4)8(11,12)9(13,14)15/h3H,2H2,1H3. The molecule has 0 aromatic carbocycles. The SMILES string of the molecule is CCOC(=O)c1cnc(Cl)nc1C(F)(F)C(F)(F)F. The maximum Gasteiger partial charge on any atom is 0.459 e. The Kier molecular flexibility index (Phi) is 4.28. The lowest BCUT2D eigenvalue weighted by Crippen LogP contribution is -2.36. The topological polar surface area (TPSA) is 52.1 Å². The molecule has 0 bridgehead atoms. The van der Waals surface area contributed by atoms with Gasteiger partial charge in [0.15, 0.2) is 0 Å². The van der Waals surface area contributed by atoms with Crippen molar-refractivity contribution in [3.63, 3.8) is 0 Å². The van der Waals surface area contributed by atoms with Crippen LogP contribution in [0, 0.1) is 0 Å². The Hall–Kier alpha value is -1.51. The Morgan fingerprint density at radius 2 is 1.95 bits per heavy atom. The van der Waals surface area contributed by atoms with E-state index in [1.165, 1.54) is 6.92 Å². The van der Waals surface area contributed by atoms with Crippen molar-refractivity contribution >= 4 is 17.6 Å². The zero-order valence-electron chi connectivity index (χ0n) is 9.26. The van der Waals surface area contributed by atoms with Crippen LogP contribution in [0.3, 0.4) is 0 Å². The number of hydrogen-bond acceptors (Lipinski definition) is 4. The highest BCUT2D eigenvalue weighted by Gasteiger charge is 2.61. The molecule has 0 aliphatic carbocycles. The van der Waals surface area contributed by atoms with Crippen molar-refractivity contribution in [1.29, 1.82) is 0 Å². The monoisotopic (exact) mass is 304 g/mol. The highest BCUT2D eigenvalue weighted by Crippen LogP contribution is 2.44. The molecular weight excluding hydrogens is 299 g/mol. The molecule has 19 heavy (non-hydrogen) atoms. The first-order valence-electron chi connectivity index (χ1n) is 4.76. The highest BCUT2D eigenvalue weighted by molar-refractivity contribution is 6.28. The Morgan fingerprint density at radius 3 is 2.42 bits per heavy atom. The van der Waals surface area contributed by atoms with Crippen molar-refractivity contribution in [2.75, 3.05) is 6.61 Å². The molecule has 0 saturated carbocycles. The van der Waals surface area contributed by atoms with Crippen molar-refractivity contribution in [2.45, 2.75) is 19.0 Å². The summed E-state index contributed by atoms with van der Waals surface area (Å²) in [6.07, 6.45) is -5.46. The third-order valence-corrected chi connectivity index (χ3v) is 2.09. The van der Waals surface area contributed by atoms with Gasteiger partial charge in [-0.15, -0.1) is 0 Å². The number of rotatable bonds is 3.